The molecule has 1 aromatic heterocycles. The summed E-state index contributed by atoms with van der Waals surface area (Å²) in [5.74, 6) is -6.36. The third-order valence-corrected chi connectivity index (χ3v) is 4.07. The lowest BCUT2D eigenvalue weighted by Gasteiger charge is -2.23. The Bertz CT molecular complexity index is 842. The molecule has 15 nitrogen and oxygen atoms in total. The van der Waals surface area contributed by atoms with Crippen molar-refractivity contribution in [3.8, 4) is 0 Å². The third-order valence-electron chi connectivity index (χ3n) is 4.07. The van der Waals surface area contributed by atoms with Crippen LogP contribution in [-0.2, 0) is 35.2 Å². The van der Waals surface area contributed by atoms with Gasteiger partial charge in [0.15, 0.2) is 0 Å². The Hall–Kier alpha value is -4.01. The van der Waals surface area contributed by atoms with Gasteiger partial charge >= 0.3 is 11.9 Å². The minimum Gasteiger partial charge on any atom is -0.481 e. The van der Waals surface area contributed by atoms with Crippen molar-refractivity contribution >= 4 is 35.6 Å². The summed E-state index contributed by atoms with van der Waals surface area (Å²) in [5.41, 5.74) is 11.4. The number of carbonyl (C=O) groups is 6. The quantitative estimate of drug-likeness (QED) is 0.135. The molecule has 15 heteroatoms. The van der Waals surface area contributed by atoms with E-state index in [1.807, 2.05) is 5.32 Å². The van der Waals surface area contributed by atoms with Crippen LogP contribution in [0.2, 0.25) is 0 Å². The average Bonchev–Trinajstić information content (AvgIpc) is 3.20. The molecule has 0 aliphatic carbocycles. The lowest BCUT2D eigenvalue weighted by molar-refractivity contribution is -0.141. The van der Waals surface area contributed by atoms with Crippen molar-refractivity contribution in [2.75, 3.05) is 6.54 Å². The van der Waals surface area contributed by atoms with Gasteiger partial charge in [-0.05, 0) is 6.42 Å². The van der Waals surface area contributed by atoms with Crippen LogP contribution in [0.5, 0.6) is 0 Å². The monoisotopic (exact) mass is 455 g/mol. The van der Waals surface area contributed by atoms with Crippen molar-refractivity contribution in [2.24, 2.45) is 11.5 Å². The fourth-order valence-electron chi connectivity index (χ4n) is 2.50. The summed E-state index contributed by atoms with van der Waals surface area (Å²) < 4.78 is 0. The Morgan fingerprint density at radius 2 is 1.66 bits per heavy atom. The Kier molecular flexibility index (Phi) is 10.3. The highest BCUT2D eigenvalue weighted by atomic mass is 16.4. The number of nitrogens with one attached hydrogen (secondary N) is 4. The smallest absolute Gasteiger partial charge is 0.322 e. The summed E-state index contributed by atoms with van der Waals surface area (Å²) in [5, 5.41) is 24.2. The van der Waals surface area contributed by atoms with Crippen LogP contribution in [0.3, 0.4) is 0 Å². The van der Waals surface area contributed by atoms with Crippen LogP contribution >= 0.6 is 0 Å². The molecular formula is C17H25N7O8. The number of carboxylic acids is 2. The predicted molar refractivity (Wildman–Crippen MR) is 105 cm³/mol. The maximum atomic E-state index is 12.6. The molecule has 176 valence electrons. The Morgan fingerprint density at radius 1 is 1.00 bits per heavy atom. The zero-order valence-corrected chi connectivity index (χ0v) is 16.9. The topological polar surface area (TPSA) is 260 Å². The van der Waals surface area contributed by atoms with Crippen LogP contribution in [0.15, 0.2) is 12.5 Å². The number of nitrogens with two attached hydrogens (primary N) is 2. The van der Waals surface area contributed by atoms with Crippen LogP contribution in [0.4, 0.5) is 0 Å². The fourth-order valence-corrected chi connectivity index (χ4v) is 2.50. The number of H-pyrrole nitrogens is 1. The van der Waals surface area contributed by atoms with Crippen molar-refractivity contribution in [3.63, 3.8) is 0 Å². The van der Waals surface area contributed by atoms with E-state index in [1.54, 1.807) is 0 Å². The number of aromatic amines is 1. The molecule has 1 aromatic rings. The van der Waals surface area contributed by atoms with Gasteiger partial charge in [0.2, 0.25) is 23.6 Å². The van der Waals surface area contributed by atoms with E-state index in [0.29, 0.717) is 5.69 Å². The summed E-state index contributed by atoms with van der Waals surface area (Å²) in [4.78, 5) is 76.4. The fraction of sp³-hybridized carbons (Fsp3) is 0.471. The number of primary amides is 1. The van der Waals surface area contributed by atoms with Gasteiger partial charge in [0, 0.05) is 24.7 Å². The number of nitrogens with zero attached hydrogens (tertiary/aromatic N) is 1. The van der Waals surface area contributed by atoms with E-state index in [1.165, 1.54) is 12.5 Å². The maximum absolute atomic E-state index is 12.6. The Morgan fingerprint density at radius 3 is 2.19 bits per heavy atom. The Balaban J connectivity index is 2.87. The molecule has 0 fully saturated rings. The third kappa shape index (κ3) is 9.66. The largest absolute Gasteiger partial charge is 0.481 e. The molecule has 1 heterocycles. The highest BCUT2D eigenvalue weighted by molar-refractivity contribution is 5.95. The van der Waals surface area contributed by atoms with E-state index in [9.17, 15) is 28.8 Å². The predicted octanol–water partition coefficient (Wildman–Crippen LogP) is -3.81. The first-order chi connectivity index (χ1) is 15.0. The van der Waals surface area contributed by atoms with Crippen LogP contribution in [0.25, 0.3) is 0 Å². The molecule has 3 unspecified atom stereocenters. The highest BCUT2D eigenvalue weighted by Crippen LogP contribution is 2.03. The zero-order valence-electron chi connectivity index (χ0n) is 16.9. The van der Waals surface area contributed by atoms with E-state index in [0.717, 1.165) is 0 Å². The first kappa shape index (κ1) is 26.0. The summed E-state index contributed by atoms with van der Waals surface area (Å²) in [6.07, 6.45) is 1.42. The first-order valence-electron chi connectivity index (χ1n) is 9.32. The minimum atomic E-state index is -1.60. The molecule has 32 heavy (non-hydrogen) atoms. The van der Waals surface area contributed by atoms with Gasteiger partial charge in [-0.3, -0.25) is 28.8 Å². The number of hydrogen-bond donors (Lipinski definition) is 8. The number of amides is 4. The first-order valence-corrected chi connectivity index (χ1v) is 9.32. The molecule has 3 atom stereocenters. The summed E-state index contributed by atoms with van der Waals surface area (Å²) in [6.45, 7) is -0.750. The molecular weight excluding hydrogens is 430 g/mol. The second-order valence-corrected chi connectivity index (χ2v) is 6.72. The van der Waals surface area contributed by atoms with Crippen molar-refractivity contribution < 1.29 is 39.0 Å². The number of imidazole rings is 1. The lowest BCUT2D eigenvalue weighted by atomic mass is 10.1. The van der Waals surface area contributed by atoms with Gasteiger partial charge in [0.05, 0.1) is 18.8 Å². The molecule has 4 amide bonds. The summed E-state index contributed by atoms with van der Waals surface area (Å²) in [7, 11) is 0. The minimum absolute atomic E-state index is 0.0338. The molecule has 10 N–H and O–H groups in total. The van der Waals surface area contributed by atoms with E-state index < -0.39 is 66.7 Å². The van der Waals surface area contributed by atoms with Crippen molar-refractivity contribution in [1.82, 2.24) is 25.9 Å². The second-order valence-electron chi connectivity index (χ2n) is 6.72. The number of rotatable bonds is 14. The SMILES string of the molecule is NC(=O)CCC(NC(=O)C(CC(=O)O)NC(=O)C(N)Cc1cnc[nH]1)C(=O)NCC(=O)O. The molecule has 0 saturated heterocycles. The average molecular weight is 455 g/mol. The van der Waals surface area contributed by atoms with Gasteiger partial charge in [0.25, 0.3) is 0 Å². The number of carbonyl (C=O) groups excluding carboxylic acids is 4. The second kappa shape index (κ2) is 12.6. The Labute approximate surface area is 181 Å². The van der Waals surface area contributed by atoms with Gasteiger partial charge < -0.3 is 42.6 Å². The van der Waals surface area contributed by atoms with Crippen molar-refractivity contribution in [2.45, 2.75) is 43.8 Å². The number of aromatic nitrogens is 2. The number of hydrogen-bond acceptors (Lipinski definition) is 8. The molecule has 0 saturated carbocycles. The molecule has 0 aliphatic heterocycles. The van der Waals surface area contributed by atoms with E-state index in [2.05, 4.69) is 20.6 Å². The van der Waals surface area contributed by atoms with Crippen LogP contribution in [-0.4, -0.2) is 80.4 Å². The molecule has 0 spiro atoms. The van der Waals surface area contributed by atoms with Crippen LogP contribution in [0, 0.1) is 0 Å². The van der Waals surface area contributed by atoms with Crippen molar-refractivity contribution in [1.29, 1.82) is 0 Å². The molecule has 0 aromatic carbocycles. The van der Waals surface area contributed by atoms with Gasteiger partial charge in [-0.25, -0.2) is 4.98 Å². The lowest BCUT2D eigenvalue weighted by Crippen LogP contribution is -2.56. The number of carboxylic acid groups (broad SMARTS) is 2. The highest BCUT2D eigenvalue weighted by Gasteiger charge is 2.30. The molecule has 0 aliphatic rings. The van der Waals surface area contributed by atoms with Gasteiger partial charge in [-0.15, -0.1) is 0 Å². The normalized spacial score (nSPS) is 13.3. The maximum Gasteiger partial charge on any atom is 0.322 e. The standard InChI is InChI=1S/C17H25N7O8/c18-9(3-8-5-20-7-22-8)15(30)24-11(4-13(26)27)17(32)23-10(1-2-12(19)25)16(31)21-6-14(28)29/h5,7,9-11H,1-4,6,18H2,(H2,19,25)(H,20,22)(H,21,31)(H,23,32)(H,24,30)(H,26,27)(H,28,29). The van der Waals surface area contributed by atoms with Gasteiger partial charge in [-0.1, -0.05) is 0 Å². The van der Waals surface area contributed by atoms with Crippen LogP contribution in [0.1, 0.15) is 25.0 Å². The summed E-state index contributed by atoms with van der Waals surface area (Å²) in [6, 6.07) is -4.14. The van der Waals surface area contributed by atoms with E-state index in [-0.39, 0.29) is 19.3 Å². The van der Waals surface area contributed by atoms with E-state index in [4.69, 9.17) is 21.7 Å². The molecule has 0 bridgehead atoms. The number of aliphatic carboxylic acids is 2. The van der Waals surface area contributed by atoms with Gasteiger partial charge in [-0.2, -0.15) is 0 Å². The molecule has 1 rings (SSSR count). The van der Waals surface area contributed by atoms with Crippen molar-refractivity contribution in [3.05, 3.63) is 18.2 Å². The summed E-state index contributed by atoms with van der Waals surface area (Å²) >= 11 is 0. The molecule has 0 radical (unpaired) electrons. The van der Waals surface area contributed by atoms with E-state index >= 15 is 0 Å². The zero-order chi connectivity index (χ0) is 24.3. The van der Waals surface area contributed by atoms with Gasteiger partial charge in [0.1, 0.15) is 18.6 Å². The van der Waals surface area contributed by atoms with Crippen LogP contribution < -0.4 is 27.4 Å².